The Kier molecular flexibility index (Phi) is 5.40. The summed E-state index contributed by atoms with van der Waals surface area (Å²) in [4.78, 5) is 0. The molecular formula is C20H22N2O5. The van der Waals surface area contributed by atoms with E-state index in [-0.39, 0.29) is 0 Å². The molecule has 0 fully saturated rings. The van der Waals surface area contributed by atoms with Gasteiger partial charge in [-0.3, -0.25) is 0 Å². The molecule has 0 amide bonds. The van der Waals surface area contributed by atoms with Crippen molar-refractivity contribution in [2.45, 2.75) is 0 Å². The van der Waals surface area contributed by atoms with Crippen molar-refractivity contribution in [1.82, 2.24) is 5.16 Å². The molecule has 0 atom stereocenters. The molecule has 3 aromatic rings. The zero-order valence-electron chi connectivity index (χ0n) is 16.0. The van der Waals surface area contributed by atoms with Gasteiger partial charge in [0.25, 0.3) is 0 Å². The molecule has 7 nitrogen and oxygen atoms in total. The highest BCUT2D eigenvalue weighted by molar-refractivity contribution is 5.84. The summed E-state index contributed by atoms with van der Waals surface area (Å²) in [6.07, 6.45) is 1.61. The molecule has 0 saturated heterocycles. The van der Waals surface area contributed by atoms with E-state index in [1.54, 1.807) is 34.7 Å². The maximum absolute atomic E-state index is 5.44. The Morgan fingerprint density at radius 3 is 2.04 bits per heavy atom. The Bertz CT molecular complexity index is 911. The second kappa shape index (κ2) is 7.90. The molecule has 1 aromatic heterocycles. The monoisotopic (exact) mass is 370 g/mol. The number of aromatic nitrogens is 1. The third-order valence-electron chi connectivity index (χ3n) is 4.29. The fourth-order valence-electron chi connectivity index (χ4n) is 2.94. The van der Waals surface area contributed by atoms with Gasteiger partial charge in [-0.15, -0.1) is 0 Å². The summed E-state index contributed by atoms with van der Waals surface area (Å²) in [7, 11) is 8.20. The second-order valence-corrected chi connectivity index (χ2v) is 5.66. The molecular weight excluding hydrogens is 348 g/mol. The molecule has 1 N–H and O–H groups in total. The first-order chi connectivity index (χ1) is 13.2. The first-order valence-corrected chi connectivity index (χ1v) is 8.27. The standard InChI is InChI=1S/C20H22N2O5/c1-21-15-8-12(6-7-16(15)23-2)14-11-27-22-19(14)13-9-17(24-3)20(26-5)18(10-13)25-4/h6-11,21H,1-5H3. The van der Waals surface area contributed by atoms with Gasteiger partial charge in [-0.2, -0.15) is 0 Å². The molecule has 0 bridgehead atoms. The lowest BCUT2D eigenvalue weighted by atomic mass is 10.0. The third kappa shape index (κ3) is 3.36. The summed E-state index contributed by atoms with van der Waals surface area (Å²) < 4.78 is 26.9. The van der Waals surface area contributed by atoms with Crippen LogP contribution in [-0.2, 0) is 0 Å². The molecule has 3 rings (SSSR count). The number of rotatable bonds is 7. The topological polar surface area (TPSA) is 75.0 Å². The lowest BCUT2D eigenvalue weighted by molar-refractivity contribution is 0.324. The van der Waals surface area contributed by atoms with Crippen molar-refractivity contribution in [3.05, 3.63) is 36.6 Å². The van der Waals surface area contributed by atoms with Crippen molar-refractivity contribution < 1.29 is 23.5 Å². The van der Waals surface area contributed by atoms with Crippen molar-refractivity contribution in [3.63, 3.8) is 0 Å². The zero-order chi connectivity index (χ0) is 19.4. The van der Waals surface area contributed by atoms with Crippen LogP contribution >= 0.6 is 0 Å². The van der Waals surface area contributed by atoms with E-state index in [1.807, 2.05) is 37.4 Å². The zero-order valence-corrected chi connectivity index (χ0v) is 16.0. The van der Waals surface area contributed by atoms with Crippen LogP contribution in [0.2, 0.25) is 0 Å². The largest absolute Gasteiger partial charge is 0.495 e. The van der Waals surface area contributed by atoms with Crippen LogP contribution in [0.15, 0.2) is 41.1 Å². The van der Waals surface area contributed by atoms with Gasteiger partial charge < -0.3 is 28.8 Å². The molecule has 0 spiro atoms. The summed E-state index contributed by atoms with van der Waals surface area (Å²) in [5.74, 6) is 2.38. The highest BCUT2D eigenvalue weighted by Crippen LogP contribution is 2.43. The van der Waals surface area contributed by atoms with Gasteiger partial charge in [-0.1, -0.05) is 11.2 Å². The SMILES string of the molecule is CNc1cc(-c2conc2-c2cc(OC)c(OC)c(OC)c2)ccc1OC. The van der Waals surface area contributed by atoms with Gasteiger partial charge in [0.2, 0.25) is 5.75 Å². The van der Waals surface area contributed by atoms with Crippen molar-refractivity contribution in [2.24, 2.45) is 0 Å². The minimum Gasteiger partial charge on any atom is -0.495 e. The number of hydrogen-bond donors (Lipinski definition) is 1. The van der Waals surface area contributed by atoms with Gasteiger partial charge >= 0.3 is 0 Å². The Balaban J connectivity index is 2.13. The molecule has 0 aliphatic rings. The van der Waals surface area contributed by atoms with Crippen LogP contribution in [0.25, 0.3) is 22.4 Å². The maximum Gasteiger partial charge on any atom is 0.203 e. The average molecular weight is 370 g/mol. The van der Waals surface area contributed by atoms with E-state index in [2.05, 4.69) is 10.5 Å². The van der Waals surface area contributed by atoms with Crippen molar-refractivity contribution >= 4 is 5.69 Å². The molecule has 27 heavy (non-hydrogen) atoms. The Morgan fingerprint density at radius 1 is 0.815 bits per heavy atom. The van der Waals surface area contributed by atoms with Crippen LogP contribution in [0, 0.1) is 0 Å². The minimum atomic E-state index is 0.524. The van der Waals surface area contributed by atoms with Gasteiger partial charge in [0.1, 0.15) is 17.7 Å². The van der Waals surface area contributed by atoms with Crippen LogP contribution in [-0.4, -0.2) is 40.6 Å². The molecule has 0 saturated carbocycles. The highest BCUT2D eigenvalue weighted by atomic mass is 16.5. The van der Waals surface area contributed by atoms with Crippen LogP contribution in [0.4, 0.5) is 5.69 Å². The quantitative estimate of drug-likeness (QED) is 0.671. The molecule has 0 aliphatic carbocycles. The van der Waals surface area contributed by atoms with E-state index in [1.165, 1.54) is 0 Å². The average Bonchev–Trinajstić information content (AvgIpc) is 3.21. The Morgan fingerprint density at radius 2 is 1.48 bits per heavy atom. The van der Waals surface area contributed by atoms with E-state index >= 15 is 0 Å². The number of ether oxygens (including phenoxy) is 4. The predicted octanol–water partition coefficient (Wildman–Crippen LogP) is 4.08. The fraction of sp³-hybridized carbons (Fsp3) is 0.250. The van der Waals surface area contributed by atoms with E-state index in [0.29, 0.717) is 22.9 Å². The third-order valence-corrected chi connectivity index (χ3v) is 4.29. The first-order valence-electron chi connectivity index (χ1n) is 8.27. The van der Waals surface area contributed by atoms with Gasteiger partial charge in [0.05, 0.1) is 34.1 Å². The number of benzene rings is 2. The Hall–Kier alpha value is -3.35. The number of nitrogens with zero attached hydrogens (tertiary/aromatic N) is 1. The van der Waals surface area contributed by atoms with Crippen molar-refractivity contribution in [1.29, 1.82) is 0 Å². The van der Waals surface area contributed by atoms with Crippen LogP contribution in [0.1, 0.15) is 0 Å². The maximum atomic E-state index is 5.44. The highest BCUT2D eigenvalue weighted by Gasteiger charge is 2.19. The van der Waals surface area contributed by atoms with Crippen LogP contribution < -0.4 is 24.3 Å². The summed E-state index contributed by atoms with van der Waals surface area (Å²) in [6.45, 7) is 0. The van der Waals surface area contributed by atoms with Gasteiger partial charge in [-0.25, -0.2) is 0 Å². The number of methoxy groups -OCH3 is 4. The van der Waals surface area contributed by atoms with Gasteiger partial charge in [0, 0.05) is 18.2 Å². The van der Waals surface area contributed by atoms with E-state index in [9.17, 15) is 0 Å². The molecule has 2 aromatic carbocycles. The second-order valence-electron chi connectivity index (χ2n) is 5.66. The lowest BCUT2D eigenvalue weighted by Crippen LogP contribution is -1.96. The van der Waals surface area contributed by atoms with Crippen LogP contribution in [0.5, 0.6) is 23.0 Å². The number of nitrogens with one attached hydrogen (secondary N) is 1. The summed E-state index contributed by atoms with van der Waals surface area (Å²) in [5, 5.41) is 7.32. The molecule has 1 heterocycles. The number of hydrogen-bond acceptors (Lipinski definition) is 7. The summed E-state index contributed by atoms with van der Waals surface area (Å²) in [5.41, 5.74) is 4.09. The van der Waals surface area contributed by atoms with Gasteiger partial charge in [0.15, 0.2) is 11.5 Å². The molecule has 7 heteroatoms. The van der Waals surface area contributed by atoms with E-state index < -0.39 is 0 Å². The predicted molar refractivity (Wildman–Crippen MR) is 103 cm³/mol. The van der Waals surface area contributed by atoms with E-state index in [4.69, 9.17) is 23.5 Å². The smallest absolute Gasteiger partial charge is 0.203 e. The van der Waals surface area contributed by atoms with Crippen molar-refractivity contribution in [2.75, 3.05) is 40.8 Å². The summed E-state index contributed by atoms with van der Waals surface area (Å²) >= 11 is 0. The van der Waals surface area contributed by atoms with Gasteiger partial charge in [-0.05, 0) is 29.8 Å². The van der Waals surface area contributed by atoms with Crippen LogP contribution in [0.3, 0.4) is 0 Å². The Labute approximate surface area is 157 Å². The van der Waals surface area contributed by atoms with E-state index in [0.717, 1.165) is 28.1 Å². The molecule has 0 radical (unpaired) electrons. The molecule has 0 aliphatic heterocycles. The molecule has 142 valence electrons. The normalized spacial score (nSPS) is 10.4. The summed E-state index contributed by atoms with van der Waals surface area (Å²) in [6, 6.07) is 9.50. The van der Waals surface area contributed by atoms with Crippen molar-refractivity contribution in [3.8, 4) is 45.4 Å². The lowest BCUT2D eigenvalue weighted by Gasteiger charge is -2.14. The fourth-order valence-corrected chi connectivity index (χ4v) is 2.94. The first kappa shape index (κ1) is 18.4. The minimum absolute atomic E-state index is 0.524. The molecule has 0 unspecified atom stereocenters. The number of anilines is 1.